The van der Waals surface area contributed by atoms with Crippen molar-refractivity contribution < 1.29 is 10.0 Å². The summed E-state index contributed by atoms with van der Waals surface area (Å²) in [6.07, 6.45) is 6.30. The molecule has 0 bridgehead atoms. The zero-order chi connectivity index (χ0) is 13.0. The zero-order valence-corrected chi connectivity index (χ0v) is 11.2. The summed E-state index contributed by atoms with van der Waals surface area (Å²) in [5, 5.41) is 22.7. The standard InChI is InChI=1S/C13H19BClNO2/c15-11-6-7-13(14(17)18)10(8-11)9-16-12-4-2-1-3-5-12/h6-8,12,16-18H,1-5,9H2. The minimum absolute atomic E-state index is 0.530. The minimum Gasteiger partial charge on any atom is -0.423 e. The van der Waals surface area contributed by atoms with Gasteiger partial charge in [0.2, 0.25) is 0 Å². The zero-order valence-electron chi connectivity index (χ0n) is 10.4. The topological polar surface area (TPSA) is 52.5 Å². The quantitative estimate of drug-likeness (QED) is 0.724. The van der Waals surface area contributed by atoms with E-state index in [-0.39, 0.29) is 0 Å². The molecular weight excluding hydrogens is 248 g/mol. The van der Waals surface area contributed by atoms with E-state index >= 15 is 0 Å². The van der Waals surface area contributed by atoms with Crippen LogP contribution in [0.2, 0.25) is 5.02 Å². The van der Waals surface area contributed by atoms with E-state index in [1.807, 2.05) is 0 Å². The molecule has 0 unspecified atom stereocenters. The first-order valence-corrected chi connectivity index (χ1v) is 6.92. The van der Waals surface area contributed by atoms with Crippen LogP contribution in [0.25, 0.3) is 0 Å². The van der Waals surface area contributed by atoms with Crippen LogP contribution in [0.5, 0.6) is 0 Å². The summed E-state index contributed by atoms with van der Waals surface area (Å²) in [7, 11) is -1.44. The van der Waals surface area contributed by atoms with Crippen molar-refractivity contribution in [2.75, 3.05) is 0 Å². The van der Waals surface area contributed by atoms with Crippen LogP contribution in [-0.2, 0) is 6.54 Å². The molecule has 3 N–H and O–H groups in total. The van der Waals surface area contributed by atoms with Crippen molar-refractivity contribution in [3.63, 3.8) is 0 Å². The van der Waals surface area contributed by atoms with E-state index < -0.39 is 7.12 Å². The average molecular weight is 268 g/mol. The third-order valence-corrected chi connectivity index (χ3v) is 3.80. The second kappa shape index (κ2) is 6.57. The first kappa shape index (κ1) is 13.9. The maximum absolute atomic E-state index is 9.32. The Balaban J connectivity index is 2.00. The molecule has 1 aromatic carbocycles. The summed E-state index contributed by atoms with van der Waals surface area (Å²) < 4.78 is 0. The van der Waals surface area contributed by atoms with Crippen molar-refractivity contribution in [3.05, 3.63) is 28.8 Å². The van der Waals surface area contributed by atoms with Crippen LogP contribution in [0, 0.1) is 0 Å². The normalized spacial score (nSPS) is 16.8. The van der Waals surface area contributed by atoms with Crippen LogP contribution in [0.3, 0.4) is 0 Å². The smallest absolute Gasteiger partial charge is 0.423 e. The molecule has 2 rings (SSSR count). The van der Waals surface area contributed by atoms with Crippen LogP contribution in [0.15, 0.2) is 18.2 Å². The van der Waals surface area contributed by atoms with Crippen molar-refractivity contribution in [2.45, 2.75) is 44.7 Å². The summed E-state index contributed by atoms with van der Waals surface area (Å²) in [5.74, 6) is 0. The van der Waals surface area contributed by atoms with Gasteiger partial charge in [-0.3, -0.25) is 0 Å². The first-order chi connectivity index (χ1) is 8.66. The Kier molecular flexibility index (Phi) is 5.07. The van der Waals surface area contributed by atoms with Gasteiger partial charge in [-0.15, -0.1) is 0 Å². The number of hydrogen-bond acceptors (Lipinski definition) is 3. The number of benzene rings is 1. The van der Waals surface area contributed by atoms with E-state index in [0.717, 1.165) is 5.56 Å². The van der Waals surface area contributed by atoms with E-state index in [2.05, 4.69) is 5.32 Å². The number of hydrogen-bond donors (Lipinski definition) is 3. The fourth-order valence-corrected chi connectivity index (χ4v) is 2.74. The van der Waals surface area contributed by atoms with Crippen molar-refractivity contribution in [1.82, 2.24) is 5.32 Å². The van der Waals surface area contributed by atoms with E-state index in [1.54, 1.807) is 18.2 Å². The monoisotopic (exact) mass is 267 g/mol. The second-order valence-corrected chi connectivity index (χ2v) is 5.37. The van der Waals surface area contributed by atoms with Gasteiger partial charge in [-0.25, -0.2) is 0 Å². The van der Waals surface area contributed by atoms with Crippen molar-refractivity contribution in [1.29, 1.82) is 0 Å². The molecule has 1 aliphatic carbocycles. The highest BCUT2D eigenvalue weighted by Gasteiger charge is 2.18. The predicted octanol–water partition coefficient (Wildman–Crippen LogP) is 1.44. The van der Waals surface area contributed by atoms with Gasteiger partial charge in [-0.2, -0.15) is 0 Å². The molecule has 5 heteroatoms. The van der Waals surface area contributed by atoms with Crippen molar-refractivity contribution >= 4 is 24.2 Å². The highest BCUT2D eigenvalue weighted by atomic mass is 35.5. The van der Waals surface area contributed by atoms with Gasteiger partial charge in [0, 0.05) is 17.6 Å². The van der Waals surface area contributed by atoms with Crippen molar-refractivity contribution in [3.8, 4) is 0 Å². The first-order valence-electron chi connectivity index (χ1n) is 6.54. The number of halogens is 1. The highest BCUT2D eigenvalue weighted by molar-refractivity contribution is 6.59. The van der Waals surface area contributed by atoms with Crippen LogP contribution in [0.4, 0.5) is 0 Å². The fourth-order valence-electron chi connectivity index (χ4n) is 2.54. The largest absolute Gasteiger partial charge is 0.488 e. The Morgan fingerprint density at radius 2 is 1.94 bits per heavy atom. The lowest BCUT2D eigenvalue weighted by Gasteiger charge is -2.23. The molecule has 1 saturated carbocycles. The van der Waals surface area contributed by atoms with E-state index in [0.29, 0.717) is 23.1 Å². The summed E-state index contributed by atoms with van der Waals surface area (Å²) in [5.41, 5.74) is 1.39. The van der Waals surface area contributed by atoms with Gasteiger partial charge in [-0.1, -0.05) is 36.9 Å². The van der Waals surface area contributed by atoms with Gasteiger partial charge in [0.25, 0.3) is 0 Å². The molecule has 0 heterocycles. The van der Waals surface area contributed by atoms with Gasteiger partial charge in [0.15, 0.2) is 0 Å². The lowest BCUT2D eigenvalue weighted by atomic mass is 9.77. The summed E-state index contributed by atoms with van der Waals surface area (Å²) >= 11 is 5.95. The predicted molar refractivity (Wildman–Crippen MR) is 75.0 cm³/mol. The maximum Gasteiger partial charge on any atom is 0.488 e. The molecule has 1 aromatic rings. The molecule has 98 valence electrons. The summed E-state index contributed by atoms with van der Waals surface area (Å²) in [6.45, 7) is 0.637. The lowest BCUT2D eigenvalue weighted by Crippen LogP contribution is -2.37. The third-order valence-electron chi connectivity index (χ3n) is 3.57. The van der Waals surface area contributed by atoms with Gasteiger partial charge < -0.3 is 15.4 Å². The Hall–Kier alpha value is -0.545. The number of nitrogens with one attached hydrogen (secondary N) is 1. The molecule has 0 saturated heterocycles. The molecule has 0 aliphatic heterocycles. The molecule has 3 nitrogen and oxygen atoms in total. The third kappa shape index (κ3) is 3.72. The molecule has 1 fully saturated rings. The number of rotatable bonds is 4. The highest BCUT2D eigenvalue weighted by Crippen LogP contribution is 2.18. The molecule has 1 aliphatic rings. The molecule has 0 amide bonds. The minimum atomic E-state index is -1.44. The second-order valence-electron chi connectivity index (χ2n) is 4.93. The molecule has 0 aromatic heterocycles. The van der Waals surface area contributed by atoms with E-state index in [9.17, 15) is 10.0 Å². The summed E-state index contributed by atoms with van der Waals surface area (Å²) in [6, 6.07) is 5.69. The van der Waals surface area contributed by atoms with Gasteiger partial charge in [0.05, 0.1) is 0 Å². The molecule has 0 radical (unpaired) electrons. The Morgan fingerprint density at radius 3 is 2.61 bits per heavy atom. The Morgan fingerprint density at radius 1 is 1.22 bits per heavy atom. The molecular formula is C13H19BClNO2. The van der Waals surface area contributed by atoms with Gasteiger partial charge >= 0.3 is 7.12 Å². The van der Waals surface area contributed by atoms with Crippen molar-refractivity contribution in [2.24, 2.45) is 0 Å². The Bertz CT molecular complexity index is 395. The average Bonchev–Trinajstić information content (AvgIpc) is 2.37. The molecule has 18 heavy (non-hydrogen) atoms. The lowest BCUT2D eigenvalue weighted by molar-refractivity contribution is 0.372. The van der Waals surface area contributed by atoms with Crippen LogP contribution in [0.1, 0.15) is 37.7 Å². The molecule has 0 atom stereocenters. The molecule has 0 spiro atoms. The fraction of sp³-hybridized carbons (Fsp3) is 0.538. The van der Waals surface area contributed by atoms with Gasteiger partial charge in [-0.05, 0) is 36.0 Å². The summed E-state index contributed by atoms with van der Waals surface area (Å²) in [4.78, 5) is 0. The van der Waals surface area contributed by atoms with Crippen LogP contribution < -0.4 is 10.8 Å². The Labute approximate surface area is 113 Å². The van der Waals surface area contributed by atoms with Crippen LogP contribution >= 0.6 is 11.6 Å². The SMILES string of the molecule is OB(O)c1ccc(Cl)cc1CNC1CCCCC1. The van der Waals surface area contributed by atoms with Gasteiger partial charge in [0.1, 0.15) is 0 Å². The van der Waals surface area contributed by atoms with E-state index in [4.69, 9.17) is 11.6 Å². The maximum atomic E-state index is 9.32. The van der Waals surface area contributed by atoms with Crippen LogP contribution in [-0.4, -0.2) is 23.2 Å². The van der Waals surface area contributed by atoms with E-state index in [1.165, 1.54) is 32.1 Å².